The van der Waals surface area contributed by atoms with E-state index in [1.807, 2.05) is 30.3 Å². The minimum absolute atomic E-state index is 0.0974. The Morgan fingerprint density at radius 1 is 1.21 bits per heavy atom. The number of ether oxygens (including phenoxy) is 3. The minimum Gasteiger partial charge on any atom is -0.496 e. The Morgan fingerprint density at radius 2 is 1.91 bits per heavy atom. The molecular weight excluding hydrogens is 446 g/mol. The van der Waals surface area contributed by atoms with Crippen LogP contribution < -0.4 is 19.5 Å². The lowest BCUT2D eigenvalue weighted by atomic mass is 9.74. The van der Waals surface area contributed by atoms with Crippen LogP contribution in [0, 0.1) is 5.92 Å². The number of rotatable bonds is 7. The Morgan fingerprint density at radius 3 is 2.52 bits per heavy atom. The molecule has 174 valence electrons. The predicted molar refractivity (Wildman–Crippen MR) is 123 cm³/mol. The fourth-order valence-corrected chi connectivity index (χ4v) is 4.82. The molecule has 0 fully saturated rings. The van der Waals surface area contributed by atoms with Crippen LogP contribution >= 0.6 is 11.6 Å². The summed E-state index contributed by atoms with van der Waals surface area (Å²) in [5, 5.41) is 13.2. The van der Waals surface area contributed by atoms with Gasteiger partial charge in [0.1, 0.15) is 22.1 Å². The van der Waals surface area contributed by atoms with Crippen molar-refractivity contribution in [3.63, 3.8) is 0 Å². The van der Waals surface area contributed by atoms with E-state index in [0.717, 1.165) is 5.56 Å². The van der Waals surface area contributed by atoms with Crippen LogP contribution in [0.5, 0.6) is 17.2 Å². The summed E-state index contributed by atoms with van der Waals surface area (Å²) < 4.78 is 16.7. The van der Waals surface area contributed by atoms with Gasteiger partial charge in [-0.15, -0.1) is 0 Å². The molecule has 0 radical (unpaired) electrons. The number of halogens is 1. The summed E-state index contributed by atoms with van der Waals surface area (Å²) >= 11 is 6.42. The number of methoxy groups -OCH3 is 2. The van der Waals surface area contributed by atoms with Gasteiger partial charge in [-0.05, 0) is 18.4 Å². The summed E-state index contributed by atoms with van der Waals surface area (Å²) in [6.45, 7) is 1.69. The first kappa shape index (κ1) is 23.1. The van der Waals surface area contributed by atoms with Crippen molar-refractivity contribution in [3.05, 3.63) is 64.3 Å². The summed E-state index contributed by atoms with van der Waals surface area (Å²) in [7, 11) is 2.87. The third kappa shape index (κ3) is 3.85. The van der Waals surface area contributed by atoms with Crippen molar-refractivity contribution in [1.82, 2.24) is 5.32 Å². The number of hydrogen-bond acceptors (Lipinski definition) is 7. The number of aliphatic hydroxyl groups is 1. The van der Waals surface area contributed by atoms with Gasteiger partial charge in [0.25, 0.3) is 0 Å². The van der Waals surface area contributed by atoms with Crippen molar-refractivity contribution in [2.45, 2.75) is 31.4 Å². The topological polar surface area (TPSA) is 94.1 Å². The van der Waals surface area contributed by atoms with Gasteiger partial charge in [-0.3, -0.25) is 9.59 Å². The van der Waals surface area contributed by atoms with E-state index < -0.39 is 23.1 Å². The quantitative estimate of drug-likeness (QED) is 0.598. The molecule has 0 saturated carbocycles. The first-order valence-electron chi connectivity index (χ1n) is 10.7. The smallest absolute Gasteiger partial charge is 0.236 e. The summed E-state index contributed by atoms with van der Waals surface area (Å²) in [5.41, 5.74) is 0.142. The fourth-order valence-electron chi connectivity index (χ4n) is 4.55. The molecule has 1 aliphatic carbocycles. The van der Waals surface area contributed by atoms with E-state index in [1.165, 1.54) is 26.4 Å². The standard InChI is InChI=1S/C25H26ClNO6/c1-14-9-16(27-17(13-28)10-15-7-5-4-6-8-15)11-20(29)25(14)24(30)21-18(31-2)12-19(32-3)22(26)23(21)33-25/h4-8,11-12,14,17,27-28H,9-10,13H2,1-3H3/t14-,17-,25+/m1/s1. The second-order valence-electron chi connectivity index (χ2n) is 8.32. The monoisotopic (exact) mass is 471 g/mol. The van der Waals surface area contributed by atoms with E-state index in [2.05, 4.69) is 5.32 Å². The highest BCUT2D eigenvalue weighted by molar-refractivity contribution is 6.36. The second-order valence-corrected chi connectivity index (χ2v) is 8.70. The first-order valence-corrected chi connectivity index (χ1v) is 11.1. The van der Waals surface area contributed by atoms with Crippen molar-refractivity contribution in [2.75, 3.05) is 20.8 Å². The predicted octanol–water partition coefficient (Wildman–Crippen LogP) is 3.36. The number of benzene rings is 2. The molecule has 1 spiro atoms. The molecular formula is C25H26ClNO6. The molecule has 2 aromatic carbocycles. The molecule has 1 aliphatic heterocycles. The highest BCUT2D eigenvalue weighted by atomic mass is 35.5. The molecule has 1 heterocycles. The van der Waals surface area contributed by atoms with Crippen LogP contribution in [0.4, 0.5) is 0 Å². The zero-order valence-electron chi connectivity index (χ0n) is 18.7. The summed E-state index contributed by atoms with van der Waals surface area (Å²) in [6.07, 6.45) is 2.37. The minimum atomic E-state index is -1.72. The van der Waals surface area contributed by atoms with Crippen LogP contribution in [-0.4, -0.2) is 49.1 Å². The molecule has 0 aromatic heterocycles. The average Bonchev–Trinajstić information content (AvgIpc) is 3.13. The van der Waals surface area contributed by atoms with Gasteiger partial charge >= 0.3 is 0 Å². The van der Waals surface area contributed by atoms with Crippen molar-refractivity contribution in [3.8, 4) is 17.2 Å². The zero-order chi connectivity index (χ0) is 23.8. The van der Waals surface area contributed by atoms with E-state index in [-0.39, 0.29) is 40.5 Å². The third-order valence-corrected chi connectivity index (χ3v) is 6.60. The van der Waals surface area contributed by atoms with Crippen molar-refractivity contribution in [1.29, 1.82) is 0 Å². The molecule has 0 saturated heterocycles. The number of nitrogens with one attached hydrogen (secondary N) is 1. The summed E-state index contributed by atoms with van der Waals surface area (Å²) in [6, 6.07) is 11.0. The van der Waals surface area contributed by atoms with Crippen LogP contribution in [0.2, 0.25) is 5.02 Å². The van der Waals surface area contributed by atoms with Crippen molar-refractivity contribution < 1.29 is 28.9 Å². The van der Waals surface area contributed by atoms with E-state index >= 15 is 0 Å². The lowest BCUT2D eigenvalue weighted by Gasteiger charge is -2.36. The van der Waals surface area contributed by atoms with Gasteiger partial charge < -0.3 is 24.6 Å². The Balaban J connectivity index is 1.62. The van der Waals surface area contributed by atoms with Crippen LogP contribution in [0.1, 0.15) is 29.3 Å². The SMILES string of the molecule is COc1cc(OC)c2c(c1Cl)O[C@@]1(C(=O)C=C(N[C@@H](CO)Cc3ccccc3)C[C@H]1C)C2=O. The number of fused-ring (bicyclic) bond motifs is 1. The highest BCUT2D eigenvalue weighted by Gasteiger charge is 2.60. The van der Waals surface area contributed by atoms with Gasteiger partial charge in [-0.2, -0.15) is 0 Å². The molecule has 0 bridgehead atoms. The number of Topliss-reactive ketones (excluding diaryl/α,β-unsaturated/α-hetero) is 1. The molecule has 8 heteroatoms. The van der Waals surface area contributed by atoms with Gasteiger partial charge in [0.05, 0.1) is 26.9 Å². The maximum absolute atomic E-state index is 13.5. The number of hydrogen-bond donors (Lipinski definition) is 2. The fraction of sp³-hybridized carbons (Fsp3) is 0.360. The van der Waals surface area contributed by atoms with E-state index in [0.29, 0.717) is 18.5 Å². The Labute approximate surface area is 197 Å². The normalized spacial score (nSPS) is 22.5. The molecule has 7 nitrogen and oxygen atoms in total. The van der Waals surface area contributed by atoms with Crippen LogP contribution in [0.3, 0.4) is 0 Å². The van der Waals surface area contributed by atoms with Crippen LogP contribution in [-0.2, 0) is 11.2 Å². The lowest BCUT2D eigenvalue weighted by molar-refractivity contribution is -0.129. The van der Waals surface area contributed by atoms with Crippen molar-refractivity contribution in [2.24, 2.45) is 5.92 Å². The van der Waals surface area contributed by atoms with Gasteiger partial charge in [0.15, 0.2) is 5.75 Å². The zero-order valence-corrected chi connectivity index (χ0v) is 19.4. The molecule has 2 aliphatic rings. The maximum atomic E-state index is 13.5. The summed E-state index contributed by atoms with van der Waals surface area (Å²) in [4.78, 5) is 26.9. The van der Waals surface area contributed by atoms with E-state index in [1.54, 1.807) is 6.92 Å². The molecule has 2 aromatic rings. The first-order chi connectivity index (χ1) is 15.8. The van der Waals surface area contributed by atoms with Crippen LogP contribution in [0.15, 0.2) is 48.2 Å². The average molecular weight is 472 g/mol. The Kier molecular flexibility index (Phi) is 6.36. The van der Waals surface area contributed by atoms with Gasteiger partial charge in [-0.1, -0.05) is 48.9 Å². The maximum Gasteiger partial charge on any atom is 0.236 e. The molecule has 0 amide bonds. The molecule has 4 rings (SSSR count). The molecule has 33 heavy (non-hydrogen) atoms. The Hall–Kier alpha value is -3.03. The number of carbonyl (C=O) groups excluding carboxylic acids is 2. The molecule has 3 atom stereocenters. The second kappa shape index (κ2) is 9.08. The lowest BCUT2D eigenvalue weighted by Crippen LogP contribution is -2.56. The van der Waals surface area contributed by atoms with E-state index in [4.69, 9.17) is 25.8 Å². The van der Waals surface area contributed by atoms with Gasteiger partial charge in [-0.25, -0.2) is 0 Å². The van der Waals surface area contributed by atoms with Crippen LogP contribution in [0.25, 0.3) is 0 Å². The molecule has 0 unspecified atom stereocenters. The highest BCUT2D eigenvalue weighted by Crippen LogP contribution is 2.52. The number of allylic oxidation sites excluding steroid dienone is 1. The molecule has 2 N–H and O–H groups in total. The van der Waals surface area contributed by atoms with E-state index in [9.17, 15) is 14.7 Å². The third-order valence-electron chi connectivity index (χ3n) is 6.24. The number of carbonyl (C=O) groups is 2. The summed E-state index contributed by atoms with van der Waals surface area (Å²) in [5.74, 6) is -0.810. The van der Waals surface area contributed by atoms with Gasteiger partial charge in [0.2, 0.25) is 17.2 Å². The van der Waals surface area contributed by atoms with Crippen molar-refractivity contribution >= 4 is 23.2 Å². The largest absolute Gasteiger partial charge is 0.496 e. The Bertz CT molecular complexity index is 1120. The number of ketones is 2. The van der Waals surface area contributed by atoms with Gasteiger partial charge in [0, 0.05) is 23.8 Å². The number of aliphatic hydroxyl groups excluding tert-OH is 1.